The van der Waals surface area contributed by atoms with Crippen molar-refractivity contribution in [2.24, 2.45) is 5.92 Å². The van der Waals surface area contributed by atoms with E-state index in [1.165, 1.54) is 56.6 Å². The summed E-state index contributed by atoms with van der Waals surface area (Å²) in [6.45, 7) is 1.80. The predicted molar refractivity (Wildman–Crippen MR) is 90.7 cm³/mol. The molecule has 6 heteroatoms. The van der Waals surface area contributed by atoms with Crippen molar-refractivity contribution in [2.75, 3.05) is 20.8 Å². The van der Waals surface area contributed by atoms with E-state index in [2.05, 4.69) is 0 Å². The van der Waals surface area contributed by atoms with Gasteiger partial charge in [0.1, 0.15) is 6.54 Å². The number of rotatable bonds is 5. The largest absolute Gasteiger partial charge is 0.493 e. The molecule has 1 aromatic carbocycles. The average Bonchev–Trinajstić information content (AvgIpc) is 2.61. The summed E-state index contributed by atoms with van der Waals surface area (Å²) in [5.74, 6) is 1.77. The summed E-state index contributed by atoms with van der Waals surface area (Å²) in [5, 5.41) is 11.5. The fourth-order valence-electron chi connectivity index (χ4n) is 4.55. The molecule has 2 aliphatic rings. The second-order valence-electron chi connectivity index (χ2n) is 6.97. The lowest BCUT2D eigenvalue weighted by Gasteiger charge is -2.41. The van der Waals surface area contributed by atoms with Gasteiger partial charge in [0.25, 0.3) is 5.69 Å². The number of likely N-dealkylation sites (tertiary alicyclic amines) is 1. The highest BCUT2D eigenvalue weighted by Gasteiger charge is 2.37. The standard InChI is InChI=1S/C18H26N2O4/c1-23-17-10-14(16(20(21)22)11-18(17)24-2)12-19-9-5-7-13-6-3-4-8-15(13)19/h10-11,13,15H,3-9,12H2,1-2H3/p+1/t13-,15+/m1/s1. The highest BCUT2D eigenvalue weighted by atomic mass is 16.6. The van der Waals surface area contributed by atoms with E-state index >= 15 is 0 Å². The molecule has 1 heterocycles. The van der Waals surface area contributed by atoms with Crippen LogP contribution in [0.25, 0.3) is 0 Å². The number of methoxy groups -OCH3 is 2. The van der Waals surface area contributed by atoms with Gasteiger partial charge in [-0.15, -0.1) is 0 Å². The van der Waals surface area contributed by atoms with Crippen molar-refractivity contribution < 1.29 is 19.3 Å². The molecule has 0 aromatic heterocycles. The predicted octanol–water partition coefficient (Wildman–Crippen LogP) is 2.35. The first-order chi connectivity index (χ1) is 11.6. The molecular weight excluding hydrogens is 308 g/mol. The van der Waals surface area contributed by atoms with Crippen LogP contribution in [0.15, 0.2) is 12.1 Å². The van der Waals surface area contributed by atoms with Crippen LogP contribution in [0.5, 0.6) is 11.5 Å². The van der Waals surface area contributed by atoms with Crippen molar-refractivity contribution >= 4 is 5.69 Å². The molecule has 132 valence electrons. The van der Waals surface area contributed by atoms with Crippen LogP contribution in [0.2, 0.25) is 0 Å². The van der Waals surface area contributed by atoms with E-state index in [0.717, 1.165) is 18.0 Å². The highest BCUT2D eigenvalue weighted by Crippen LogP contribution is 2.35. The lowest BCUT2D eigenvalue weighted by molar-refractivity contribution is -0.949. The zero-order valence-electron chi connectivity index (χ0n) is 14.5. The van der Waals surface area contributed by atoms with Gasteiger partial charge in [-0.3, -0.25) is 10.1 Å². The fourth-order valence-corrected chi connectivity index (χ4v) is 4.55. The van der Waals surface area contributed by atoms with Gasteiger partial charge in [0.05, 0.1) is 43.4 Å². The summed E-state index contributed by atoms with van der Waals surface area (Å²) in [5.41, 5.74) is 0.886. The van der Waals surface area contributed by atoms with E-state index in [1.807, 2.05) is 0 Å². The monoisotopic (exact) mass is 335 g/mol. The van der Waals surface area contributed by atoms with Crippen molar-refractivity contribution in [1.29, 1.82) is 0 Å². The molecule has 1 saturated carbocycles. The molecule has 1 aliphatic heterocycles. The van der Waals surface area contributed by atoms with Crippen molar-refractivity contribution in [3.8, 4) is 11.5 Å². The number of nitrogens with one attached hydrogen (secondary N) is 1. The number of ether oxygens (including phenoxy) is 2. The van der Waals surface area contributed by atoms with Gasteiger partial charge in [-0.1, -0.05) is 6.42 Å². The summed E-state index contributed by atoms with van der Waals surface area (Å²) in [6, 6.07) is 3.94. The van der Waals surface area contributed by atoms with Gasteiger partial charge in [0.2, 0.25) is 0 Å². The lowest BCUT2D eigenvalue weighted by Crippen LogP contribution is -3.16. The number of hydrogen-bond acceptors (Lipinski definition) is 4. The van der Waals surface area contributed by atoms with Crippen LogP contribution in [0, 0.1) is 16.0 Å². The van der Waals surface area contributed by atoms with Gasteiger partial charge in [0, 0.05) is 5.92 Å². The summed E-state index contributed by atoms with van der Waals surface area (Å²) in [7, 11) is 3.07. The normalized spacial score (nSPS) is 26.5. The Hall–Kier alpha value is -1.82. The molecule has 1 saturated heterocycles. The topological polar surface area (TPSA) is 66.0 Å². The smallest absolute Gasteiger partial charge is 0.282 e. The molecule has 1 aromatic rings. The molecule has 6 nitrogen and oxygen atoms in total. The molecule has 1 aliphatic carbocycles. The van der Waals surface area contributed by atoms with Crippen LogP contribution in [0.3, 0.4) is 0 Å². The number of nitro benzene ring substituents is 1. The molecule has 2 fully saturated rings. The highest BCUT2D eigenvalue weighted by molar-refractivity contribution is 5.54. The molecule has 1 N–H and O–H groups in total. The maximum absolute atomic E-state index is 11.5. The summed E-state index contributed by atoms with van der Waals surface area (Å²) in [6.07, 6.45) is 7.74. The van der Waals surface area contributed by atoms with Crippen molar-refractivity contribution in [2.45, 2.75) is 51.1 Å². The van der Waals surface area contributed by atoms with Crippen molar-refractivity contribution in [3.05, 3.63) is 27.8 Å². The quantitative estimate of drug-likeness (QED) is 0.663. The summed E-state index contributed by atoms with van der Waals surface area (Å²) < 4.78 is 10.6. The number of nitrogens with zero attached hydrogens (tertiary/aromatic N) is 1. The minimum Gasteiger partial charge on any atom is -0.493 e. The minimum atomic E-state index is -0.307. The van der Waals surface area contributed by atoms with Gasteiger partial charge in [-0.25, -0.2) is 0 Å². The Bertz CT molecular complexity index is 603. The second-order valence-corrected chi connectivity index (χ2v) is 6.97. The first-order valence-electron chi connectivity index (χ1n) is 8.88. The molecule has 0 bridgehead atoms. The summed E-state index contributed by atoms with van der Waals surface area (Å²) >= 11 is 0. The van der Waals surface area contributed by atoms with E-state index in [0.29, 0.717) is 24.1 Å². The Morgan fingerprint density at radius 1 is 1.12 bits per heavy atom. The Kier molecular flexibility index (Phi) is 5.23. The van der Waals surface area contributed by atoms with E-state index in [1.54, 1.807) is 13.2 Å². The van der Waals surface area contributed by atoms with Gasteiger partial charge in [0.15, 0.2) is 11.5 Å². The molecule has 0 radical (unpaired) electrons. The Morgan fingerprint density at radius 2 is 1.79 bits per heavy atom. The van der Waals surface area contributed by atoms with Gasteiger partial charge < -0.3 is 14.4 Å². The number of piperidine rings is 1. The second kappa shape index (κ2) is 7.38. The van der Waals surface area contributed by atoms with Crippen LogP contribution in [-0.2, 0) is 6.54 Å². The van der Waals surface area contributed by atoms with E-state index < -0.39 is 0 Å². The molecule has 24 heavy (non-hydrogen) atoms. The van der Waals surface area contributed by atoms with Crippen LogP contribution >= 0.6 is 0 Å². The average molecular weight is 335 g/mol. The van der Waals surface area contributed by atoms with Crippen molar-refractivity contribution in [1.82, 2.24) is 0 Å². The van der Waals surface area contributed by atoms with Crippen LogP contribution in [0.1, 0.15) is 44.1 Å². The Balaban J connectivity index is 1.88. The number of hydrogen-bond donors (Lipinski definition) is 1. The third kappa shape index (κ3) is 3.34. The number of quaternary nitrogens is 1. The molecule has 3 rings (SSSR count). The van der Waals surface area contributed by atoms with Gasteiger partial charge >= 0.3 is 0 Å². The molecule has 0 spiro atoms. The fraction of sp³-hybridized carbons (Fsp3) is 0.667. The number of benzene rings is 1. The first-order valence-corrected chi connectivity index (χ1v) is 8.88. The Morgan fingerprint density at radius 3 is 2.50 bits per heavy atom. The van der Waals surface area contributed by atoms with Gasteiger partial charge in [-0.2, -0.15) is 0 Å². The number of nitro groups is 1. The van der Waals surface area contributed by atoms with Crippen molar-refractivity contribution in [3.63, 3.8) is 0 Å². The molecular formula is C18H27N2O4+. The van der Waals surface area contributed by atoms with Crippen LogP contribution < -0.4 is 14.4 Å². The third-order valence-corrected chi connectivity index (χ3v) is 5.71. The zero-order chi connectivity index (χ0) is 17.1. The van der Waals surface area contributed by atoms with E-state index in [4.69, 9.17) is 9.47 Å². The van der Waals surface area contributed by atoms with E-state index in [9.17, 15) is 10.1 Å². The van der Waals surface area contributed by atoms with Crippen LogP contribution in [0.4, 0.5) is 5.69 Å². The van der Waals surface area contributed by atoms with Gasteiger partial charge in [-0.05, 0) is 38.2 Å². The molecule has 3 atom stereocenters. The van der Waals surface area contributed by atoms with E-state index in [-0.39, 0.29) is 10.6 Å². The third-order valence-electron chi connectivity index (χ3n) is 5.71. The maximum Gasteiger partial charge on any atom is 0.282 e. The lowest BCUT2D eigenvalue weighted by atomic mass is 9.78. The zero-order valence-corrected chi connectivity index (χ0v) is 14.5. The summed E-state index contributed by atoms with van der Waals surface area (Å²) in [4.78, 5) is 12.7. The Labute approximate surface area is 142 Å². The maximum atomic E-state index is 11.5. The first kappa shape index (κ1) is 17.0. The SMILES string of the molecule is COc1cc(C[NH+]2CCC[C@H]3CCCC[C@@H]32)c([N+](=O)[O-])cc1OC. The van der Waals surface area contributed by atoms with Crippen LogP contribution in [-0.4, -0.2) is 31.7 Å². The molecule has 0 amide bonds. The number of fused-ring (bicyclic) bond motifs is 1. The minimum absolute atomic E-state index is 0.137. The molecule has 1 unspecified atom stereocenters.